The summed E-state index contributed by atoms with van der Waals surface area (Å²) in [6, 6.07) is 0.198. The van der Waals surface area contributed by atoms with Crippen LogP contribution < -0.4 is 0 Å². The fraction of sp³-hybridized carbons (Fsp3) is 0.900. The van der Waals surface area contributed by atoms with E-state index in [1.165, 1.54) is 0 Å². The maximum absolute atomic E-state index is 11.0. The molecule has 1 aliphatic heterocycles. The van der Waals surface area contributed by atoms with Crippen LogP contribution in [0.1, 0.15) is 33.6 Å². The first-order valence-electron chi connectivity index (χ1n) is 5.01. The lowest BCUT2D eigenvalue weighted by molar-refractivity contribution is -0.147. The number of aliphatic carboxylic acids is 1. The van der Waals surface area contributed by atoms with Gasteiger partial charge in [-0.25, -0.2) is 0 Å². The topological polar surface area (TPSA) is 40.5 Å². The first-order valence-corrected chi connectivity index (χ1v) is 5.01. The summed E-state index contributed by atoms with van der Waals surface area (Å²) in [5.41, 5.74) is 0. The first-order chi connectivity index (χ1) is 6.02. The largest absolute Gasteiger partial charge is 0.480 e. The third-order valence-electron chi connectivity index (χ3n) is 2.75. The molecule has 0 aliphatic carbocycles. The molecule has 1 saturated heterocycles. The van der Waals surface area contributed by atoms with E-state index in [4.69, 9.17) is 5.11 Å². The van der Waals surface area contributed by atoms with E-state index in [1.807, 2.05) is 0 Å². The van der Waals surface area contributed by atoms with Crippen LogP contribution >= 0.6 is 0 Å². The van der Waals surface area contributed by atoms with Crippen molar-refractivity contribution in [2.24, 2.45) is 5.92 Å². The molecule has 1 aliphatic rings. The van der Waals surface area contributed by atoms with Crippen molar-refractivity contribution in [3.8, 4) is 0 Å². The van der Waals surface area contributed by atoms with Crippen molar-refractivity contribution in [2.45, 2.75) is 45.7 Å². The van der Waals surface area contributed by atoms with Crippen LogP contribution in [0, 0.1) is 5.92 Å². The first kappa shape index (κ1) is 10.5. The minimum Gasteiger partial charge on any atom is -0.480 e. The van der Waals surface area contributed by atoms with Crippen molar-refractivity contribution in [3.05, 3.63) is 0 Å². The summed E-state index contributed by atoms with van der Waals surface area (Å²) in [5, 5.41) is 9.03. The van der Waals surface area contributed by atoms with Gasteiger partial charge in [0.15, 0.2) is 0 Å². The van der Waals surface area contributed by atoms with Crippen LogP contribution in [0.3, 0.4) is 0 Å². The lowest BCUT2D eigenvalue weighted by Gasteiger charge is -2.43. The third-order valence-corrected chi connectivity index (χ3v) is 2.75. The second-order valence-electron chi connectivity index (χ2n) is 4.36. The van der Waals surface area contributed by atoms with E-state index < -0.39 is 5.97 Å². The van der Waals surface area contributed by atoms with E-state index >= 15 is 0 Å². The zero-order valence-electron chi connectivity index (χ0n) is 8.66. The summed E-state index contributed by atoms with van der Waals surface area (Å²) in [4.78, 5) is 13.1. The molecule has 0 amide bonds. The highest BCUT2D eigenvalue weighted by molar-refractivity contribution is 5.73. The van der Waals surface area contributed by atoms with Gasteiger partial charge in [0.25, 0.3) is 0 Å². The molecule has 1 rings (SSSR count). The van der Waals surface area contributed by atoms with Crippen molar-refractivity contribution in [1.29, 1.82) is 0 Å². The highest BCUT2D eigenvalue weighted by Crippen LogP contribution is 2.23. The average Bonchev–Trinajstić information content (AvgIpc) is 1.99. The van der Waals surface area contributed by atoms with Gasteiger partial charge in [0, 0.05) is 12.6 Å². The molecule has 0 saturated carbocycles. The molecule has 0 radical (unpaired) electrons. The van der Waals surface area contributed by atoms with Gasteiger partial charge < -0.3 is 5.11 Å². The predicted molar refractivity (Wildman–Crippen MR) is 51.7 cm³/mol. The Bertz CT molecular complexity index is 191. The number of nitrogens with zero attached hydrogens (tertiary/aromatic N) is 1. The molecule has 2 unspecified atom stereocenters. The lowest BCUT2D eigenvalue weighted by Crippen LogP contribution is -2.55. The van der Waals surface area contributed by atoms with Crippen LogP contribution in [0.15, 0.2) is 0 Å². The van der Waals surface area contributed by atoms with Crippen molar-refractivity contribution in [2.75, 3.05) is 6.54 Å². The Hall–Kier alpha value is -0.570. The van der Waals surface area contributed by atoms with Gasteiger partial charge in [-0.05, 0) is 25.7 Å². The zero-order chi connectivity index (χ0) is 10.0. The third kappa shape index (κ3) is 2.44. The van der Waals surface area contributed by atoms with Crippen molar-refractivity contribution in [1.82, 2.24) is 4.90 Å². The SMILES string of the molecule is CC(C)CC(C(=O)O)N1CCC1C. The Morgan fingerprint density at radius 1 is 1.62 bits per heavy atom. The van der Waals surface area contributed by atoms with E-state index in [0.717, 1.165) is 19.4 Å². The van der Waals surface area contributed by atoms with Crippen LogP contribution in [-0.2, 0) is 4.79 Å². The summed E-state index contributed by atoms with van der Waals surface area (Å²) in [6.07, 6.45) is 1.90. The Morgan fingerprint density at radius 3 is 2.46 bits per heavy atom. The number of carboxylic acids is 1. The van der Waals surface area contributed by atoms with Crippen LogP contribution in [-0.4, -0.2) is 34.6 Å². The monoisotopic (exact) mass is 185 g/mol. The minimum absolute atomic E-state index is 0.260. The molecule has 0 bridgehead atoms. The predicted octanol–water partition coefficient (Wildman–Crippen LogP) is 1.58. The average molecular weight is 185 g/mol. The van der Waals surface area contributed by atoms with Gasteiger partial charge in [-0.3, -0.25) is 9.69 Å². The van der Waals surface area contributed by atoms with Crippen LogP contribution in [0.5, 0.6) is 0 Å². The summed E-state index contributed by atoms with van der Waals surface area (Å²) in [5.74, 6) is -0.214. The van der Waals surface area contributed by atoms with E-state index in [0.29, 0.717) is 12.0 Å². The molecule has 3 nitrogen and oxygen atoms in total. The molecule has 1 N–H and O–H groups in total. The minimum atomic E-state index is -0.666. The van der Waals surface area contributed by atoms with E-state index in [2.05, 4.69) is 25.7 Å². The molecule has 0 spiro atoms. The van der Waals surface area contributed by atoms with Gasteiger partial charge in [0.1, 0.15) is 6.04 Å². The number of hydrogen-bond donors (Lipinski definition) is 1. The molecule has 0 aromatic carbocycles. The Balaban J connectivity index is 2.52. The Labute approximate surface area is 79.7 Å². The van der Waals surface area contributed by atoms with E-state index in [-0.39, 0.29) is 6.04 Å². The number of likely N-dealkylation sites (tertiary alicyclic amines) is 1. The summed E-state index contributed by atoms with van der Waals surface area (Å²) >= 11 is 0. The quantitative estimate of drug-likeness (QED) is 0.723. The summed E-state index contributed by atoms with van der Waals surface area (Å²) < 4.78 is 0. The Kier molecular flexibility index (Phi) is 3.31. The van der Waals surface area contributed by atoms with Crippen molar-refractivity contribution < 1.29 is 9.90 Å². The molecule has 3 heteroatoms. The standard InChI is InChI=1S/C10H19NO2/c1-7(2)6-9(10(12)13)11-5-4-8(11)3/h7-9H,4-6H2,1-3H3,(H,12,13). The highest BCUT2D eigenvalue weighted by Gasteiger charge is 2.34. The summed E-state index contributed by atoms with van der Waals surface area (Å²) in [7, 11) is 0. The summed E-state index contributed by atoms with van der Waals surface area (Å²) in [6.45, 7) is 7.19. The van der Waals surface area contributed by atoms with E-state index in [9.17, 15) is 4.79 Å². The van der Waals surface area contributed by atoms with Crippen molar-refractivity contribution >= 4 is 5.97 Å². The normalized spacial score (nSPS) is 25.7. The highest BCUT2D eigenvalue weighted by atomic mass is 16.4. The smallest absolute Gasteiger partial charge is 0.320 e. The maximum Gasteiger partial charge on any atom is 0.320 e. The molecule has 1 fully saturated rings. The molecule has 0 aromatic heterocycles. The van der Waals surface area contributed by atoms with Crippen LogP contribution in [0.2, 0.25) is 0 Å². The van der Waals surface area contributed by atoms with Gasteiger partial charge in [-0.1, -0.05) is 13.8 Å². The fourth-order valence-electron chi connectivity index (χ4n) is 1.82. The van der Waals surface area contributed by atoms with Crippen LogP contribution in [0.4, 0.5) is 0 Å². The lowest BCUT2D eigenvalue weighted by atomic mass is 9.95. The van der Waals surface area contributed by atoms with Crippen LogP contribution in [0.25, 0.3) is 0 Å². The van der Waals surface area contributed by atoms with Gasteiger partial charge >= 0.3 is 5.97 Å². The molecule has 13 heavy (non-hydrogen) atoms. The molecular formula is C10H19NO2. The molecule has 0 aromatic rings. The van der Waals surface area contributed by atoms with Crippen molar-refractivity contribution in [3.63, 3.8) is 0 Å². The number of carboxylic acid groups (broad SMARTS) is 1. The van der Waals surface area contributed by atoms with Gasteiger partial charge in [-0.2, -0.15) is 0 Å². The molecular weight excluding hydrogens is 166 g/mol. The van der Waals surface area contributed by atoms with Gasteiger partial charge in [-0.15, -0.1) is 0 Å². The van der Waals surface area contributed by atoms with E-state index in [1.54, 1.807) is 0 Å². The maximum atomic E-state index is 11.0. The number of hydrogen-bond acceptors (Lipinski definition) is 2. The fourth-order valence-corrected chi connectivity index (χ4v) is 1.82. The molecule has 1 heterocycles. The molecule has 76 valence electrons. The molecule has 2 atom stereocenters. The van der Waals surface area contributed by atoms with Gasteiger partial charge in [0.2, 0.25) is 0 Å². The Morgan fingerprint density at radius 2 is 2.23 bits per heavy atom. The number of rotatable bonds is 4. The second kappa shape index (κ2) is 4.09. The number of carbonyl (C=O) groups is 1. The zero-order valence-corrected chi connectivity index (χ0v) is 8.66. The van der Waals surface area contributed by atoms with Gasteiger partial charge in [0.05, 0.1) is 0 Å². The second-order valence-corrected chi connectivity index (χ2v) is 4.36.